The molecule has 4 N–H and O–H groups in total. The Morgan fingerprint density at radius 3 is 2.33 bits per heavy atom. The van der Waals surface area contributed by atoms with E-state index in [4.69, 9.17) is 5.73 Å². The molecular formula is C18H21N3O3. The fourth-order valence-corrected chi connectivity index (χ4v) is 2.44. The van der Waals surface area contributed by atoms with Gasteiger partial charge in [-0.25, -0.2) is 0 Å². The topological polar surface area (TPSA) is 101 Å². The maximum absolute atomic E-state index is 12.3. The Morgan fingerprint density at radius 2 is 1.71 bits per heavy atom. The molecule has 0 unspecified atom stereocenters. The summed E-state index contributed by atoms with van der Waals surface area (Å²) in [6.07, 6.45) is 0.321. The van der Waals surface area contributed by atoms with E-state index in [9.17, 15) is 14.4 Å². The van der Waals surface area contributed by atoms with Crippen molar-refractivity contribution in [3.05, 3.63) is 48.0 Å². The van der Waals surface area contributed by atoms with Gasteiger partial charge in [0.25, 0.3) is 0 Å². The summed E-state index contributed by atoms with van der Waals surface area (Å²) in [5, 5.41) is 7.29. The third-order valence-electron chi connectivity index (χ3n) is 3.73. The number of nitrogens with two attached hydrogens (primary N) is 1. The van der Waals surface area contributed by atoms with Crippen molar-refractivity contribution in [2.45, 2.75) is 32.4 Å². The van der Waals surface area contributed by atoms with Gasteiger partial charge in [-0.15, -0.1) is 0 Å². The molecule has 6 heteroatoms. The second kappa shape index (κ2) is 7.59. The fraction of sp³-hybridized carbons (Fsp3) is 0.278. The van der Waals surface area contributed by atoms with Crippen LogP contribution < -0.4 is 16.4 Å². The van der Waals surface area contributed by atoms with Gasteiger partial charge in [0.2, 0.25) is 17.7 Å². The molecule has 24 heavy (non-hydrogen) atoms. The number of hydrogen-bond donors (Lipinski definition) is 3. The van der Waals surface area contributed by atoms with Gasteiger partial charge in [0.05, 0.1) is 0 Å². The second-order valence-electron chi connectivity index (χ2n) is 5.77. The van der Waals surface area contributed by atoms with Gasteiger partial charge in [0.1, 0.15) is 12.1 Å². The van der Waals surface area contributed by atoms with Gasteiger partial charge >= 0.3 is 0 Å². The lowest BCUT2D eigenvalue weighted by Crippen LogP contribution is -2.52. The van der Waals surface area contributed by atoms with Crippen LogP contribution in [0.5, 0.6) is 0 Å². The highest BCUT2D eigenvalue weighted by Crippen LogP contribution is 2.16. The normalized spacial score (nSPS) is 13.1. The van der Waals surface area contributed by atoms with Gasteiger partial charge in [-0.1, -0.05) is 42.5 Å². The number of primary amides is 1. The van der Waals surface area contributed by atoms with Crippen molar-refractivity contribution in [3.63, 3.8) is 0 Å². The predicted octanol–water partition coefficient (Wildman–Crippen LogP) is 0.877. The minimum absolute atomic E-state index is 0.317. The monoisotopic (exact) mass is 327 g/mol. The van der Waals surface area contributed by atoms with E-state index in [2.05, 4.69) is 10.6 Å². The first-order chi connectivity index (χ1) is 11.4. The average molecular weight is 327 g/mol. The summed E-state index contributed by atoms with van der Waals surface area (Å²) in [6, 6.07) is 12.2. The molecule has 0 aliphatic rings. The highest BCUT2D eigenvalue weighted by atomic mass is 16.2. The van der Waals surface area contributed by atoms with Gasteiger partial charge in [0.15, 0.2) is 0 Å². The van der Waals surface area contributed by atoms with Gasteiger partial charge in [-0.05, 0) is 23.3 Å². The van der Waals surface area contributed by atoms with Crippen LogP contribution in [0.15, 0.2) is 42.5 Å². The molecular weight excluding hydrogens is 306 g/mol. The lowest BCUT2D eigenvalue weighted by atomic mass is 10.0. The lowest BCUT2D eigenvalue weighted by molar-refractivity contribution is -0.130. The molecule has 6 nitrogen and oxygen atoms in total. The Morgan fingerprint density at radius 1 is 1.04 bits per heavy atom. The smallest absolute Gasteiger partial charge is 0.243 e. The van der Waals surface area contributed by atoms with Crippen LogP contribution in [0.4, 0.5) is 0 Å². The van der Waals surface area contributed by atoms with Crippen molar-refractivity contribution in [3.8, 4) is 0 Å². The van der Waals surface area contributed by atoms with Crippen LogP contribution in [0.2, 0.25) is 0 Å². The van der Waals surface area contributed by atoms with Crippen LogP contribution >= 0.6 is 0 Å². The molecule has 0 saturated heterocycles. The summed E-state index contributed by atoms with van der Waals surface area (Å²) < 4.78 is 0. The molecule has 0 aliphatic heterocycles. The number of benzene rings is 2. The quantitative estimate of drug-likeness (QED) is 0.734. The molecule has 0 fully saturated rings. The molecule has 0 bridgehead atoms. The standard InChI is InChI=1S/C18H21N3O3/c1-11(17(19)23)20-18(24)16(21-12(2)22)10-13-7-8-14-5-3-4-6-15(14)9-13/h3-9,11,16H,10H2,1-2H3,(H2,19,23)(H,20,24)(H,21,22)/t11-,16-/m1/s1. The van der Waals surface area contributed by atoms with Crippen molar-refractivity contribution in [1.29, 1.82) is 0 Å². The van der Waals surface area contributed by atoms with E-state index < -0.39 is 23.9 Å². The first-order valence-corrected chi connectivity index (χ1v) is 7.71. The Balaban J connectivity index is 2.18. The second-order valence-corrected chi connectivity index (χ2v) is 5.77. The third-order valence-corrected chi connectivity index (χ3v) is 3.73. The van der Waals surface area contributed by atoms with Crippen LogP contribution in [-0.4, -0.2) is 29.8 Å². The van der Waals surface area contributed by atoms with Crippen LogP contribution in [0.3, 0.4) is 0 Å². The number of fused-ring (bicyclic) bond motifs is 1. The summed E-state index contributed by atoms with van der Waals surface area (Å²) in [6.45, 7) is 2.85. The van der Waals surface area contributed by atoms with Crippen LogP contribution in [0, 0.1) is 0 Å². The highest BCUT2D eigenvalue weighted by molar-refractivity contribution is 5.91. The number of carbonyl (C=O) groups excluding carboxylic acids is 3. The van der Waals surface area contributed by atoms with E-state index in [1.807, 2.05) is 42.5 Å². The Labute approximate surface area is 140 Å². The summed E-state index contributed by atoms with van der Waals surface area (Å²) in [7, 11) is 0. The van der Waals surface area contributed by atoms with Crippen LogP contribution in [0.25, 0.3) is 10.8 Å². The predicted molar refractivity (Wildman–Crippen MR) is 92.1 cm³/mol. The van der Waals surface area contributed by atoms with E-state index in [0.717, 1.165) is 16.3 Å². The zero-order valence-electron chi connectivity index (χ0n) is 13.7. The molecule has 126 valence electrons. The van der Waals surface area contributed by atoms with Gasteiger partial charge in [0, 0.05) is 13.3 Å². The van der Waals surface area contributed by atoms with Gasteiger partial charge < -0.3 is 16.4 Å². The zero-order valence-corrected chi connectivity index (χ0v) is 13.7. The number of carbonyl (C=O) groups is 3. The summed E-state index contributed by atoms with van der Waals surface area (Å²) >= 11 is 0. The fourth-order valence-electron chi connectivity index (χ4n) is 2.44. The first-order valence-electron chi connectivity index (χ1n) is 7.71. The minimum atomic E-state index is -0.801. The largest absolute Gasteiger partial charge is 0.368 e. The zero-order chi connectivity index (χ0) is 17.7. The first kappa shape index (κ1) is 17.5. The van der Waals surface area contributed by atoms with Crippen molar-refractivity contribution in [2.24, 2.45) is 5.73 Å². The molecule has 0 saturated carbocycles. The Hall–Kier alpha value is -2.89. The van der Waals surface area contributed by atoms with Crippen molar-refractivity contribution in [1.82, 2.24) is 10.6 Å². The average Bonchev–Trinajstić information content (AvgIpc) is 2.53. The summed E-state index contributed by atoms with van der Waals surface area (Å²) in [4.78, 5) is 34.8. The number of nitrogens with one attached hydrogen (secondary N) is 2. The molecule has 2 rings (SSSR count). The van der Waals surface area contributed by atoms with E-state index in [-0.39, 0.29) is 5.91 Å². The maximum Gasteiger partial charge on any atom is 0.243 e. The van der Waals surface area contributed by atoms with E-state index >= 15 is 0 Å². The van der Waals surface area contributed by atoms with Crippen molar-refractivity contribution < 1.29 is 14.4 Å². The highest BCUT2D eigenvalue weighted by Gasteiger charge is 2.23. The van der Waals surface area contributed by atoms with E-state index in [1.165, 1.54) is 13.8 Å². The lowest BCUT2D eigenvalue weighted by Gasteiger charge is -2.20. The third kappa shape index (κ3) is 4.55. The Kier molecular flexibility index (Phi) is 5.52. The van der Waals surface area contributed by atoms with Crippen LogP contribution in [0.1, 0.15) is 19.4 Å². The molecule has 0 aliphatic carbocycles. The summed E-state index contributed by atoms with van der Waals surface area (Å²) in [5.74, 6) is -1.39. The van der Waals surface area contributed by atoms with Gasteiger partial charge in [-0.3, -0.25) is 14.4 Å². The molecule has 0 heterocycles. The molecule has 0 spiro atoms. The molecule has 0 aromatic heterocycles. The number of rotatable bonds is 6. The number of amides is 3. The number of hydrogen-bond acceptors (Lipinski definition) is 3. The van der Waals surface area contributed by atoms with E-state index in [1.54, 1.807) is 0 Å². The van der Waals surface area contributed by atoms with Crippen molar-refractivity contribution >= 4 is 28.5 Å². The summed E-state index contributed by atoms with van der Waals surface area (Å²) in [5.41, 5.74) is 6.07. The Bertz CT molecular complexity index is 773. The maximum atomic E-state index is 12.3. The SMILES string of the molecule is CC(=O)N[C@H](Cc1ccc2ccccc2c1)C(=O)N[C@H](C)C(N)=O. The van der Waals surface area contributed by atoms with Crippen LogP contribution in [-0.2, 0) is 20.8 Å². The molecule has 2 aromatic rings. The molecule has 2 atom stereocenters. The molecule has 3 amide bonds. The molecule has 0 radical (unpaired) electrons. The van der Waals surface area contributed by atoms with Crippen molar-refractivity contribution in [2.75, 3.05) is 0 Å². The van der Waals surface area contributed by atoms with E-state index in [0.29, 0.717) is 6.42 Å². The molecule has 2 aromatic carbocycles. The minimum Gasteiger partial charge on any atom is -0.368 e. The van der Waals surface area contributed by atoms with Gasteiger partial charge in [-0.2, -0.15) is 0 Å².